The molecule has 2 aromatic rings. The zero-order valence-corrected chi connectivity index (χ0v) is 10.3. The largest absolute Gasteiger partial charge is 0.508 e. The molecule has 0 aliphatic carbocycles. The molecule has 0 unspecified atom stereocenters. The second-order valence-electron chi connectivity index (χ2n) is 4.14. The Morgan fingerprint density at radius 2 is 1.78 bits per heavy atom. The van der Waals surface area contributed by atoms with Gasteiger partial charge in [0, 0.05) is 0 Å². The predicted molar refractivity (Wildman–Crippen MR) is 67.9 cm³/mol. The van der Waals surface area contributed by atoms with Gasteiger partial charge >= 0.3 is 0 Å². The topological polar surface area (TPSA) is 57.6 Å². The van der Waals surface area contributed by atoms with Crippen molar-refractivity contribution in [2.45, 2.75) is 11.4 Å². The molecule has 2 aromatic carbocycles. The van der Waals surface area contributed by atoms with Gasteiger partial charge < -0.3 is 5.11 Å². The molecular formula is C13H11NO3S. The summed E-state index contributed by atoms with van der Waals surface area (Å²) in [4.78, 5) is 0.268. The molecule has 5 heteroatoms. The van der Waals surface area contributed by atoms with Crippen molar-refractivity contribution < 1.29 is 13.5 Å². The normalized spacial score (nSPS) is 16.6. The van der Waals surface area contributed by atoms with Gasteiger partial charge in [0.05, 0.1) is 17.1 Å². The standard InChI is InChI=1S/C13H11NO3S/c15-12-6-7-13-10(8-12)9-14(18(13,16)17)11-4-2-1-3-5-11/h1-8,15H,9H2. The number of phenols is 1. The monoisotopic (exact) mass is 261 g/mol. The van der Waals surface area contributed by atoms with Crippen molar-refractivity contribution in [2.24, 2.45) is 0 Å². The van der Waals surface area contributed by atoms with Crippen molar-refractivity contribution in [2.75, 3.05) is 4.31 Å². The minimum absolute atomic E-state index is 0.0823. The maximum Gasteiger partial charge on any atom is 0.264 e. The summed E-state index contributed by atoms with van der Waals surface area (Å²) in [6.45, 7) is 0.260. The van der Waals surface area contributed by atoms with Crippen LogP contribution in [-0.2, 0) is 16.6 Å². The Kier molecular flexibility index (Phi) is 2.31. The van der Waals surface area contributed by atoms with E-state index in [1.807, 2.05) is 6.07 Å². The van der Waals surface area contributed by atoms with E-state index in [9.17, 15) is 13.5 Å². The van der Waals surface area contributed by atoms with Gasteiger partial charge in [0.25, 0.3) is 10.0 Å². The van der Waals surface area contributed by atoms with E-state index in [1.165, 1.54) is 22.5 Å². The van der Waals surface area contributed by atoms with Gasteiger partial charge in [-0.3, -0.25) is 4.31 Å². The summed E-state index contributed by atoms with van der Waals surface area (Å²) in [7, 11) is -3.49. The number of aromatic hydroxyl groups is 1. The van der Waals surface area contributed by atoms with Crippen LogP contribution in [0.2, 0.25) is 0 Å². The number of hydrogen-bond donors (Lipinski definition) is 1. The summed E-state index contributed by atoms with van der Waals surface area (Å²) in [5.41, 5.74) is 1.26. The number of para-hydroxylation sites is 1. The van der Waals surface area contributed by atoms with Crippen molar-refractivity contribution >= 4 is 15.7 Å². The molecule has 0 radical (unpaired) electrons. The van der Waals surface area contributed by atoms with Crippen LogP contribution < -0.4 is 4.31 Å². The quantitative estimate of drug-likeness (QED) is 0.855. The van der Waals surface area contributed by atoms with Gasteiger partial charge in [0.2, 0.25) is 0 Å². The van der Waals surface area contributed by atoms with Crippen LogP contribution in [0.1, 0.15) is 5.56 Å². The number of hydrogen-bond acceptors (Lipinski definition) is 3. The highest BCUT2D eigenvalue weighted by Crippen LogP contribution is 2.35. The van der Waals surface area contributed by atoms with Gasteiger partial charge in [-0.25, -0.2) is 8.42 Å². The van der Waals surface area contributed by atoms with Crippen LogP contribution in [0, 0.1) is 0 Å². The molecule has 0 aromatic heterocycles. The second-order valence-corrected chi connectivity index (χ2v) is 5.97. The summed E-state index contributed by atoms with van der Waals surface area (Å²) in [6, 6.07) is 13.3. The number of phenolic OH excluding ortho intramolecular Hbond substituents is 1. The lowest BCUT2D eigenvalue weighted by atomic mass is 10.2. The van der Waals surface area contributed by atoms with Crippen LogP contribution in [0.4, 0.5) is 5.69 Å². The van der Waals surface area contributed by atoms with Crippen LogP contribution >= 0.6 is 0 Å². The van der Waals surface area contributed by atoms with E-state index in [0.29, 0.717) is 11.3 Å². The zero-order valence-electron chi connectivity index (χ0n) is 9.45. The number of nitrogens with zero attached hydrogens (tertiary/aromatic N) is 1. The first kappa shape index (κ1) is 11.1. The Balaban J connectivity index is 2.14. The van der Waals surface area contributed by atoms with Crippen LogP contribution in [-0.4, -0.2) is 13.5 Å². The molecule has 0 saturated heterocycles. The van der Waals surface area contributed by atoms with Gasteiger partial charge in [0.1, 0.15) is 5.75 Å². The summed E-state index contributed by atoms with van der Waals surface area (Å²) in [6.07, 6.45) is 0. The van der Waals surface area contributed by atoms with Crippen LogP contribution in [0.5, 0.6) is 5.75 Å². The molecule has 1 heterocycles. The van der Waals surface area contributed by atoms with Crippen molar-refractivity contribution in [1.82, 2.24) is 0 Å². The fraction of sp³-hybridized carbons (Fsp3) is 0.0769. The molecule has 0 saturated carbocycles. The van der Waals surface area contributed by atoms with Crippen molar-refractivity contribution in [3.63, 3.8) is 0 Å². The molecule has 0 spiro atoms. The van der Waals surface area contributed by atoms with Crippen molar-refractivity contribution in [1.29, 1.82) is 0 Å². The maximum atomic E-state index is 12.3. The highest BCUT2D eigenvalue weighted by atomic mass is 32.2. The Labute approximate surface area is 105 Å². The lowest BCUT2D eigenvalue weighted by molar-refractivity contribution is 0.474. The highest BCUT2D eigenvalue weighted by molar-refractivity contribution is 7.93. The summed E-state index contributed by atoms with van der Waals surface area (Å²) < 4.78 is 26.0. The fourth-order valence-corrected chi connectivity index (χ4v) is 3.76. The Bertz CT molecular complexity index is 695. The first-order valence-electron chi connectivity index (χ1n) is 5.49. The summed E-state index contributed by atoms with van der Waals surface area (Å²) in [5, 5.41) is 9.41. The fourth-order valence-electron chi connectivity index (χ4n) is 2.12. The van der Waals surface area contributed by atoms with E-state index < -0.39 is 10.0 Å². The second kappa shape index (κ2) is 3.74. The molecule has 0 bridgehead atoms. The minimum atomic E-state index is -3.49. The molecule has 1 N–H and O–H groups in total. The molecular weight excluding hydrogens is 250 g/mol. The molecule has 0 amide bonds. The molecule has 18 heavy (non-hydrogen) atoms. The van der Waals surface area contributed by atoms with E-state index >= 15 is 0 Å². The van der Waals surface area contributed by atoms with E-state index in [2.05, 4.69) is 0 Å². The Morgan fingerprint density at radius 3 is 2.50 bits per heavy atom. The average molecular weight is 261 g/mol. The first-order chi connectivity index (χ1) is 8.59. The maximum absolute atomic E-state index is 12.3. The van der Waals surface area contributed by atoms with Gasteiger partial charge in [-0.1, -0.05) is 18.2 Å². The van der Waals surface area contributed by atoms with E-state index in [1.54, 1.807) is 24.3 Å². The number of rotatable bonds is 1. The molecule has 1 aliphatic rings. The third-order valence-electron chi connectivity index (χ3n) is 2.97. The number of fused-ring (bicyclic) bond motifs is 1. The van der Waals surface area contributed by atoms with Gasteiger partial charge in [0.15, 0.2) is 0 Å². The number of anilines is 1. The summed E-state index contributed by atoms with van der Waals surface area (Å²) in [5.74, 6) is 0.0823. The Hall–Kier alpha value is -2.01. The van der Waals surface area contributed by atoms with E-state index in [-0.39, 0.29) is 17.2 Å². The molecule has 92 valence electrons. The van der Waals surface area contributed by atoms with Crippen LogP contribution in [0.25, 0.3) is 0 Å². The van der Waals surface area contributed by atoms with Crippen LogP contribution in [0.15, 0.2) is 53.4 Å². The SMILES string of the molecule is O=S1(=O)c2ccc(O)cc2CN1c1ccccc1. The third-order valence-corrected chi connectivity index (χ3v) is 4.84. The third kappa shape index (κ3) is 1.55. The van der Waals surface area contributed by atoms with Crippen LogP contribution in [0.3, 0.4) is 0 Å². The number of benzene rings is 2. The molecule has 0 fully saturated rings. The number of sulfonamides is 1. The smallest absolute Gasteiger partial charge is 0.264 e. The lowest BCUT2D eigenvalue weighted by Crippen LogP contribution is -2.23. The molecule has 1 aliphatic heterocycles. The first-order valence-corrected chi connectivity index (χ1v) is 6.93. The van der Waals surface area contributed by atoms with Crippen molar-refractivity contribution in [3.8, 4) is 5.75 Å². The summed E-state index contributed by atoms with van der Waals surface area (Å²) >= 11 is 0. The van der Waals surface area contributed by atoms with Gasteiger partial charge in [-0.05, 0) is 35.9 Å². The minimum Gasteiger partial charge on any atom is -0.508 e. The van der Waals surface area contributed by atoms with E-state index in [0.717, 1.165) is 0 Å². The lowest BCUT2D eigenvalue weighted by Gasteiger charge is -2.16. The zero-order chi connectivity index (χ0) is 12.8. The van der Waals surface area contributed by atoms with Crippen molar-refractivity contribution in [3.05, 3.63) is 54.1 Å². The predicted octanol–water partition coefficient (Wildman–Crippen LogP) is 2.10. The average Bonchev–Trinajstić information content (AvgIpc) is 2.61. The molecule has 0 atom stereocenters. The van der Waals surface area contributed by atoms with Gasteiger partial charge in [-0.2, -0.15) is 0 Å². The molecule has 3 rings (SSSR count). The van der Waals surface area contributed by atoms with Gasteiger partial charge in [-0.15, -0.1) is 0 Å². The molecule has 4 nitrogen and oxygen atoms in total. The highest BCUT2D eigenvalue weighted by Gasteiger charge is 2.34. The van der Waals surface area contributed by atoms with E-state index in [4.69, 9.17) is 0 Å². The Morgan fingerprint density at radius 1 is 1.06 bits per heavy atom.